The van der Waals surface area contributed by atoms with E-state index in [1.54, 1.807) is 23.1 Å². The second-order valence-electron chi connectivity index (χ2n) is 2.85. The fraction of sp³-hybridized carbons (Fsp3) is 0.625. The van der Waals surface area contributed by atoms with E-state index in [9.17, 15) is 0 Å². The van der Waals surface area contributed by atoms with Crippen molar-refractivity contribution in [2.75, 3.05) is 12.4 Å². The third-order valence-corrected chi connectivity index (χ3v) is 3.87. The van der Waals surface area contributed by atoms with Gasteiger partial charge < -0.3 is 5.11 Å². The van der Waals surface area contributed by atoms with Crippen LogP contribution >= 0.6 is 23.1 Å². The number of thioether (sulfide) groups is 1. The SMILES string of the molecule is Cc1csc(SCC(C)CO)n1. The lowest BCUT2D eigenvalue weighted by atomic mass is 10.2. The van der Waals surface area contributed by atoms with Crippen LogP contribution in [0.25, 0.3) is 0 Å². The highest BCUT2D eigenvalue weighted by Gasteiger charge is 2.03. The summed E-state index contributed by atoms with van der Waals surface area (Å²) in [5, 5.41) is 10.8. The van der Waals surface area contributed by atoms with Crippen LogP contribution in [0.4, 0.5) is 0 Å². The molecule has 68 valence electrons. The molecule has 0 fully saturated rings. The molecule has 0 radical (unpaired) electrons. The zero-order chi connectivity index (χ0) is 8.97. The van der Waals surface area contributed by atoms with Gasteiger partial charge in [-0.25, -0.2) is 4.98 Å². The van der Waals surface area contributed by atoms with Crippen molar-refractivity contribution in [1.29, 1.82) is 0 Å². The first kappa shape index (κ1) is 10.0. The summed E-state index contributed by atoms with van der Waals surface area (Å²) in [6, 6.07) is 0. The molecule has 1 aromatic heterocycles. The van der Waals surface area contributed by atoms with Gasteiger partial charge in [-0.3, -0.25) is 0 Å². The molecule has 0 aliphatic heterocycles. The van der Waals surface area contributed by atoms with E-state index >= 15 is 0 Å². The summed E-state index contributed by atoms with van der Waals surface area (Å²) in [4.78, 5) is 4.32. The molecule has 1 unspecified atom stereocenters. The Balaban J connectivity index is 2.33. The molecule has 0 bridgehead atoms. The summed E-state index contributed by atoms with van der Waals surface area (Å²) < 4.78 is 1.10. The van der Waals surface area contributed by atoms with Crippen LogP contribution in [0.2, 0.25) is 0 Å². The Bertz CT molecular complexity index is 237. The van der Waals surface area contributed by atoms with Gasteiger partial charge in [0.25, 0.3) is 0 Å². The van der Waals surface area contributed by atoms with Crippen LogP contribution in [0, 0.1) is 12.8 Å². The highest BCUT2D eigenvalue weighted by molar-refractivity contribution is 8.01. The van der Waals surface area contributed by atoms with Crippen molar-refractivity contribution < 1.29 is 5.11 Å². The molecule has 1 atom stereocenters. The second-order valence-corrected chi connectivity index (χ2v) is 4.98. The van der Waals surface area contributed by atoms with Crippen molar-refractivity contribution in [3.05, 3.63) is 11.1 Å². The maximum Gasteiger partial charge on any atom is 0.150 e. The predicted molar refractivity (Wildman–Crippen MR) is 53.8 cm³/mol. The van der Waals surface area contributed by atoms with E-state index in [1.165, 1.54) is 0 Å². The molecule has 2 nitrogen and oxygen atoms in total. The number of thiazole rings is 1. The number of nitrogens with zero attached hydrogens (tertiary/aromatic N) is 1. The van der Waals surface area contributed by atoms with Crippen LogP contribution in [-0.4, -0.2) is 22.5 Å². The van der Waals surface area contributed by atoms with E-state index in [0.717, 1.165) is 15.8 Å². The molecule has 0 aliphatic carbocycles. The van der Waals surface area contributed by atoms with Gasteiger partial charge in [0.05, 0.1) is 0 Å². The van der Waals surface area contributed by atoms with Crippen molar-refractivity contribution in [1.82, 2.24) is 4.98 Å². The third-order valence-electron chi connectivity index (χ3n) is 1.40. The molecule has 0 saturated carbocycles. The number of hydrogen-bond donors (Lipinski definition) is 1. The Labute approximate surface area is 81.0 Å². The largest absolute Gasteiger partial charge is 0.396 e. The van der Waals surface area contributed by atoms with Crippen molar-refractivity contribution >= 4 is 23.1 Å². The molecule has 0 amide bonds. The second kappa shape index (κ2) is 4.84. The van der Waals surface area contributed by atoms with Crippen LogP contribution in [0.3, 0.4) is 0 Å². The van der Waals surface area contributed by atoms with Gasteiger partial charge in [-0.2, -0.15) is 0 Å². The molecule has 1 aromatic rings. The van der Waals surface area contributed by atoms with Gasteiger partial charge in [-0.1, -0.05) is 18.7 Å². The minimum Gasteiger partial charge on any atom is -0.396 e. The summed E-state index contributed by atoms with van der Waals surface area (Å²) >= 11 is 3.39. The molecule has 0 aliphatic rings. The van der Waals surface area contributed by atoms with Gasteiger partial charge in [0.15, 0.2) is 0 Å². The van der Waals surface area contributed by atoms with E-state index in [1.807, 2.05) is 19.2 Å². The van der Waals surface area contributed by atoms with Crippen LogP contribution in [0.5, 0.6) is 0 Å². The smallest absolute Gasteiger partial charge is 0.150 e. The number of rotatable bonds is 4. The maximum atomic E-state index is 8.79. The zero-order valence-electron chi connectivity index (χ0n) is 7.28. The molecule has 12 heavy (non-hydrogen) atoms. The fourth-order valence-corrected chi connectivity index (χ4v) is 2.55. The molecule has 1 N–H and O–H groups in total. The molecular weight excluding hydrogens is 190 g/mol. The minimum absolute atomic E-state index is 0.261. The highest BCUT2D eigenvalue weighted by Crippen LogP contribution is 2.23. The minimum atomic E-state index is 0.261. The Morgan fingerprint density at radius 2 is 2.50 bits per heavy atom. The third kappa shape index (κ3) is 3.13. The summed E-state index contributed by atoms with van der Waals surface area (Å²) in [7, 11) is 0. The standard InChI is InChI=1S/C8H13NOS2/c1-6(3-10)4-11-8-9-7(2)5-12-8/h5-6,10H,3-4H2,1-2H3. The Morgan fingerprint density at radius 1 is 1.75 bits per heavy atom. The lowest BCUT2D eigenvalue weighted by Gasteiger charge is -2.03. The summed E-state index contributed by atoms with van der Waals surface area (Å²) in [5.41, 5.74) is 1.08. The average Bonchev–Trinajstić information content (AvgIpc) is 2.47. The summed E-state index contributed by atoms with van der Waals surface area (Å²) in [5.74, 6) is 1.31. The average molecular weight is 203 g/mol. The maximum absolute atomic E-state index is 8.79. The van der Waals surface area contributed by atoms with Crippen molar-refractivity contribution in [3.63, 3.8) is 0 Å². The normalized spacial score (nSPS) is 13.2. The van der Waals surface area contributed by atoms with E-state index in [-0.39, 0.29) is 6.61 Å². The van der Waals surface area contributed by atoms with E-state index < -0.39 is 0 Å². The predicted octanol–water partition coefficient (Wildman–Crippen LogP) is 2.17. The fourth-order valence-electron chi connectivity index (χ4n) is 0.665. The van der Waals surface area contributed by atoms with E-state index in [2.05, 4.69) is 4.98 Å². The molecular formula is C8H13NOS2. The quantitative estimate of drug-likeness (QED) is 0.761. The monoisotopic (exact) mass is 203 g/mol. The van der Waals surface area contributed by atoms with Crippen LogP contribution in [0.15, 0.2) is 9.72 Å². The van der Waals surface area contributed by atoms with Gasteiger partial charge in [-0.15, -0.1) is 11.3 Å². The first-order valence-electron chi connectivity index (χ1n) is 3.88. The summed E-state index contributed by atoms with van der Waals surface area (Å²) in [6.45, 7) is 4.29. The lowest BCUT2D eigenvalue weighted by Crippen LogP contribution is -2.02. The van der Waals surface area contributed by atoms with Crippen molar-refractivity contribution in [2.45, 2.75) is 18.2 Å². The van der Waals surface area contributed by atoms with Crippen LogP contribution < -0.4 is 0 Å². The first-order valence-corrected chi connectivity index (χ1v) is 5.74. The number of aryl methyl sites for hydroxylation is 1. The Kier molecular flexibility index (Phi) is 4.05. The number of hydrogen-bond acceptors (Lipinski definition) is 4. The highest BCUT2D eigenvalue weighted by atomic mass is 32.2. The van der Waals surface area contributed by atoms with Gasteiger partial charge >= 0.3 is 0 Å². The van der Waals surface area contributed by atoms with Gasteiger partial charge in [0.2, 0.25) is 0 Å². The Morgan fingerprint density at radius 3 is 3.00 bits per heavy atom. The number of aliphatic hydroxyl groups is 1. The molecule has 4 heteroatoms. The Hall–Kier alpha value is -0.0600. The van der Waals surface area contributed by atoms with Crippen molar-refractivity contribution in [2.24, 2.45) is 5.92 Å². The molecule has 1 heterocycles. The lowest BCUT2D eigenvalue weighted by molar-refractivity contribution is 0.250. The van der Waals surface area contributed by atoms with E-state index in [0.29, 0.717) is 5.92 Å². The van der Waals surface area contributed by atoms with Gasteiger partial charge in [-0.05, 0) is 12.8 Å². The number of aliphatic hydroxyl groups excluding tert-OH is 1. The summed E-state index contributed by atoms with van der Waals surface area (Å²) in [6.07, 6.45) is 0. The van der Waals surface area contributed by atoms with E-state index in [4.69, 9.17) is 5.11 Å². The molecule has 0 saturated heterocycles. The molecule has 1 rings (SSSR count). The topological polar surface area (TPSA) is 33.1 Å². The first-order chi connectivity index (χ1) is 5.72. The van der Waals surface area contributed by atoms with Crippen LogP contribution in [-0.2, 0) is 0 Å². The van der Waals surface area contributed by atoms with Crippen molar-refractivity contribution in [3.8, 4) is 0 Å². The molecule has 0 aromatic carbocycles. The van der Waals surface area contributed by atoms with Crippen LogP contribution in [0.1, 0.15) is 12.6 Å². The molecule has 0 spiro atoms. The zero-order valence-corrected chi connectivity index (χ0v) is 8.91. The number of aromatic nitrogens is 1. The van der Waals surface area contributed by atoms with Gasteiger partial charge in [0.1, 0.15) is 4.34 Å². The van der Waals surface area contributed by atoms with Gasteiger partial charge in [0, 0.05) is 23.4 Å².